The van der Waals surface area contributed by atoms with Gasteiger partial charge in [0.25, 0.3) is 6.43 Å². The van der Waals surface area contributed by atoms with E-state index < -0.39 is 57.0 Å². The van der Waals surface area contributed by atoms with Crippen LogP contribution in [0, 0.1) is 0 Å². The zero-order valence-corrected chi connectivity index (χ0v) is 22.1. The number of benzene rings is 1. The number of carbonyl (C=O) groups excluding carboxylic acids is 2. The lowest BCUT2D eigenvalue weighted by atomic mass is 9.87. The second-order valence-corrected chi connectivity index (χ2v) is 14.8. The molecule has 0 radical (unpaired) electrons. The monoisotopic (exact) mass is 504 g/mol. The van der Waals surface area contributed by atoms with Gasteiger partial charge in [0.05, 0.1) is 5.56 Å². The molecule has 1 fully saturated rings. The maximum Gasteiger partial charge on any atom is 0.338 e. The van der Waals surface area contributed by atoms with Crippen LogP contribution in [0.5, 0.6) is 0 Å². The molecule has 1 aromatic rings. The van der Waals surface area contributed by atoms with Gasteiger partial charge in [-0.1, -0.05) is 39.0 Å². The number of hydrogen-bond donors (Lipinski definition) is 2. The van der Waals surface area contributed by atoms with E-state index in [1.165, 1.54) is 19.2 Å². The number of ether oxygens (including phenoxy) is 1. The molecule has 1 amide bonds. The van der Waals surface area contributed by atoms with E-state index in [0.29, 0.717) is 0 Å². The lowest BCUT2D eigenvalue weighted by molar-refractivity contribution is -0.185. The van der Waals surface area contributed by atoms with Gasteiger partial charge in [0.15, 0.2) is 14.4 Å². The predicted molar refractivity (Wildman–Crippen MR) is 128 cm³/mol. The maximum atomic E-state index is 14.5. The van der Waals surface area contributed by atoms with Gasteiger partial charge in [0, 0.05) is 13.3 Å². The number of rotatable bonds is 7. The molecule has 1 aromatic carbocycles. The normalized spacial score (nSPS) is 26.8. The summed E-state index contributed by atoms with van der Waals surface area (Å²) >= 11 is 0. The third-order valence-corrected chi connectivity index (χ3v) is 11.4. The molecule has 33 heavy (non-hydrogen) atoms. The van der Waals surface area contributed by atoms with E-state index in [1.807, 2.05) is 33.9 Å². The summed E-state index contributed by atoms with van der Waals surface area (Å²) in [5.41, 5.74) is 0.192. The quantitative estimate of drug-likeness (QED) is 0.337. The van der Waals surface area contributed by atoms with Crippen molar-refractivity contribution < 1.29 is 32.6 Å². The Morgan fingerprint density at radius 1 is 1.21 bits per heavy atom. The highest BCUT2D eigenvalue weighted by molar-refractivity contribution is 7.16. The Morgan fingerprint density at radius 2 is 1.79 bits per heavy atom. The first-order valence-electron chi connectivity index (χ1n) is 10.8. The van der Waals surface area contributed by atoms with Crippen LogP contribution >= 0.6 is 9.24 Å². The van der Waals surface area contributed by atoms with Crippen molar-refractivity contribution in [2.45, 2.75) is 75.7 Å². The summed E-state index contributed by atoms with van der Waals surface area (Å²) in [4.78, 5) is 26.7. The zero-order valence-electron chi connectivity index (χ0n) is 19.9. The number of hydrogen-bond acceptors (Lipinski definition) is 6. The van der Waals surface area contributed by atoms with Gasteiger partial charge in [-0.05, 0) is 30.3 Å². The molecule has 1 saturated heterocycles. The van der Waals surface area contributed by atoms with Crippen LogP contribution in [0.4, 0.5) is 8.78 Å². The largest absolute Gasteiger partial charge is 0.454 e. The number of piperidine rings is 1. The third kappa shape index (κ3) is 5.97. The fourth-order valence-electron chi connectivity index (χ4n) is 3.67. The van der Waals surface area contributed by atoms with Crippen molar-refractivity contribution in [3.63, 3.8) is 0 Å². The minimum Gasteiger partial charge on any atom is -0.454 e. The van der Waals surface area contributed by atoms with Crippen molar-refractivity contribution in [3.8, 4) is 0 Å². The fraction of sp³-hybridized carbons (Fsp3) is 0.636. The van der Waals surface area contributed by atoms with E-state index in [1.54, 1.807) is 18.2 Å². The second-order valence-electron chi connectivity index (χ2n) is 9.65. The molecule has 0 aromatic heterocycles. The number of nitrogens with zero attached hydrogens (tertiary/aromatic N) is 1. The number of aliphatic hydroxyl groups is 1. The van der Waals surface area contributed by atoms with Crippen LogP contribution < -0.4 is 5.32 Å². The lowest BCUT2D eigenvalue weighted by Crippen LogP contribution is -2.73. The highest BCUT2D eigenvalue weighted by Gasteiger charge is 2.58. The number of alkyl halides is 2. The highest BCUT2D eigenvalue weighted by atomic mass is 31.0. The van der Waals surface area contributed by atoms with E-state index >= 15 is 0 Å². The Labute approximate surface area is 197 Å². The van der Waals surface area contributed by atoms with Gasteiger partial charge >= 0.3 is 5.97 Å². The number of halogens is 2. The van der Waals surface area contributed by atoms with Gasteiger partial charge < -0.3 is 19.6 Å². The van der Waals surface area contributed by atoms with Gasteiger partial charge in [0.1, 0.15) is 24.3 Å². The molecule has 0 spiro atoms. The Balaban J connectivity index is 2.58. The van der Waals surface area contributed by atoms with Crippen LogP contribution in [0.3, 0.4) is 0 Å². The van der Waals surface area contributed by atoms with Gasteiger partial charge in [-0.3, -0.25) is 9.69 Å². The van der Waals surface area contributed by atoms with Gasteiger partial charge in [-0.25, -0.2) is 13.6 Å². The summed E-state index contributed by atoms with van der Waals surface area (Å²) in [6.45, 7) is 9.72. The Hall–Kier alpha value is -1.45. The summed E-state index contributed by atoms with van der Waals surface area (Å²) in [7, 11) is 1.05. The molecular formula is C22H35F2N2O5PSi. The minimum absolute atomic E-state index is 0.0453. The number of amides is 1. The third-order valence-electron chi connectivity index (χ3n) is 6.53. The molecule has 1 aliphatic heterocycles. The first-order chi connectivity index (χ1) is 15.3. The van der Waals surface area contributed by atoms with Crippen LogP contribution in [-0.2, 0) is 14.0 Å². The summed E-state index contributed by atoms with van der Waals surface area (Å²) in [5, 5.41) is 13.4. The molecule has 2 N–H and O–H groups in total. The van der Waals surface area contributed by atoms with E-state index in [4.69, 9.17) is 9.16 Å². The molecule has 6 atom stereocenters. The molecule has 2 rings (SSSR count). The highest BCUT2D eigenvalue weighted by Crippen LogP contribution is 2.41. The number of likely N-dealkylation sites (N-methyl/N-ethyl adjacent to an activating group) is 1. The Kier molecular flexibility index (Phi) is 9.15. The average Bonchev–Trinajstić information content (AvgIpc) is 2.74. The van der Waals surface area contributed by atoms with Gasteiger partial charge in [-0.15, -0.1) is 9.24 Å². The van der Waals surface area contributed by atoms with Crippen LogP contribution in [0.2, 0.25) is 18.1 Å². The molecule has 0 saturated carbocycles. The molecule has 11 heteroatoms. The van der Waals surface area contributed by atoms with E-state index in [-0.39, 0.29) is 16.9 Å². The topological polar surface area (TPSA) is 88.1 Å². The minimum atomic E-state index is -2.97. The Bertz CT molecular complexity index is 825. The summed E-state index contributed by atoms with van der Waals surface area (Å²) in [6, 6.07) is 5.07. The first kappa shape index (κ1) is 27.8. The second kappa shape index (κ2) is 10.9. The average molecular weight is 505 g/mol. The van der Waals surface area contributed by atoms with Crippen molar-refractivity contribution in [2.75, 3.05) is 13.3 Å². The number of nitrogens with one attached hydrogen (secondary N) is 1. The first-order valence-corrected chi connectivity index (χ1v) is 14.6. The van der Waals surface area contributed by atoms with Crippen molar-refractivity contribution in [2.24, 2.45) is 0 Å². The lowest BCUT2D eigenvalue weighted by Gasteiger charge is -2.52. The molecule has 186 valence electrons. The van der Waals surface area contributed by atoms with Crippen molar-refractivity contribution >= 4 is 29.4 Å². The molecule has 0 aliphatic carbocycles. The smallest absolute Gasteiger partial charge is 0.338 e. The number of carbonyl (C=O) groups is 2. The van der Waals surface area contributed by atoms with Crippen molar-refractivity contribution in [1.82, 2.24) is 10.2 Å². The molecule has 7 nitrogen and oxygen atoms in total. The zero-order chi connectivity index (χ0) is 25.1. The SMILES string of the molecule is CNC(=O)[C@@H]1[C@@H](O)[C@@H](O[Si](C)(C)C(C)(C)C)[C@H](OC(=O)c2ccccc2)[C@@H](C(F)F)N1CP. The molecule has 1 aliphatic rings. The molecule has 1 unspecified atom stereocenters. The van der Waals surface area contributed by atoms with E-state index in [9.17, 15) is 23.5 Å². The van der Waals surface area contributed by atoms with E-state index in [0.717, 1.165) is 4.90 Å². The molecule has 1 heterocycles. The fourth-order valence-corrected chi connectivity index (χ4v) is 5.45. The van der Waals surface area contributed by atoms with Crippen LogP contribution in [0.15, 0.2) is 30.3 Å². The summed E-state index contributed by atoms with van der Waals surface area (Å²) in [5.74, 6) is -1.42. The summed E-state index contributed by atoms with van der Waals surface area (Å²) in [6.07, 6.45) is -7.32. The molecular weight excluding hydrogens is 469 g/mol. The van der Waals surface area contributed by atoms with Crippen LogP contribution in [0.1, 0.15) is 31.1 Å². The van der Waals surface area contributed by atoms with Crippen molar-refractivity contribution in [3.05, 3.63) is 35.9 Å². The Morgan fingerprint density at radius 3 is 2.24 bits per heavy atom. The number of aliphatic hydroxyl groups excluding tert-OH is 1. The van der Waals surface area contributed by atoms with Crippen LogP contribution in [-0.4, -0.2) is 80.4 Å². The number of esters is 1. The maximum absolute atomic E-state index is 14.5. The standard InChI is InChI=1S/C22H35F2N2O5PSi/c1-22(2,3)33(5,6)31-18-16(27)14(20(28)25-4)26(12-32)15(19(23)24)17(18)30-21(29)13-10-8-7-9-11-13/h7-11,14-19,27H,12,32H2,1-6H3,(H,25,28)/t14-,15-,16+,17+,18+/m0/s1. The van der Waals surface area contributed by atoms with Crippen molar-refractivity contribution in [1.29, 1.82) is 0 Å². The van der Waals surface area contributed by atoms with E-state index in [2.05, 4.69) is 14.6 Å². The number of likely N-dealkylation sites (tertiary alicyclic amines) is 1. The molecule has 0 bridgehead atoms. The van der Waals surface area contributed by atoms with Gasteiger partial charge in [-0.2, -0.15) is 0 Å². The van der Waals surface area contributed by atoms with Crippen LogP contribution in [0.25, 0.3) is 0 Å². The summed E-state index contributed by atoms with van der Waals surface area (Å²) < 4.78 is 40.9. The predicted octanol–water partition coefficient (Wildman–Crippen LogP) is 2.86. The van der Waals surface area contributed by atoms with Gasteiger partial charge in [0.2, 0.25) is 5.91 Å².